The lowest BCUT2D eigenvalue weighted by Crippen LogP contribution is -2.43. The predicted octanol–water partition coefficient (Wildman–Crippen LogP) is 7.10. The van der Waals surface area contributed by atoms with Crippen LogP contribution in [0.25, 0.3) is 0 Å². The van der Waals surface area contributed by atoms with Crippen molar-refractivity contribution in [1.29, 1.82) is 0 Å². The Kier molecular flexibility index (Phi) is 8.13. The van der Waals surface area contributed by atoms with Gasteiger partial charge in [0.2, 0.25) is 5.91 Å². The Morgan fingerprint density at radius 3 is 2.48 bits per heavy atom. The van der Waals surface area contributed by atoms with Crippen LogP contribution in [0.15, 0.2) is 89.3 Å². The molecule has 216 valence electrons. The fraction of sp³-hybridized carbons (Fsp3) is 0.333. The van der Waals surface area contributed by atoms with Crippen molar-refractivity contribution in [2.75, 3.05) is 13.6 Å². The number of carbonyl (C=O) groups excluding carboxylic acids is 2. The molecule has 1 fully saturated rings. The molecule has 6 rings (SSSR count). The highest BCUT2D eigenvalue weighted by Crippen LogP contribution is 2.40. The van der Waals surface area contributed by atoms with Crippen molar-refractivity contribution < 1.29 is 18.7 Å². The number of nitrogens with zero attached hydrogens (tertiary/aromatic N) is 2. The molecule has 2 aliphatic rings. The predicted molar refractivity (Wildman–Crippen MR) is 162 cm³/mol. The standard InChI is InChI=1S/C36H38N2O4/c1-25-12-14-28(15-13-25)34-32-22-30(17-16-27(32)20-21-38(34)35(39)29-10-6-7-11-29)41-24-31-18-19-33(42-31)36(40)37(2)23-26-8-4-3-5-9-26/h3-5,8-9,12-19,22,29,34H,6-7,10-11,20-21,23-24H2,1-2H3/t34-/m1/s1. The maximum atomic E-state index is 13.7. The van der Waals surface area contributed by atoms with E-state index in [1.165, 1.54) is 11.1 Å². The zero-order valence-corrected chi connectivity index (χ0v) is 24.4. The van der Waals surface area contributed by atoms with Crippen LogP contribution in [0.4, 0.5) is 0 Å². The SMILES string of the molecule is Cc1ccc([C@@H]2c3cc(OCc4ccc(C(=O)N(C)Cc5ccccc5)o4)ccc3CCN2C(=O)C2CCCC2)cc1. The molecule has 6 heteroatoms. The van der Waals surface area contributed by atoms with Gasteiger partial charge in [-0.15, -0.1) is 0 Å². The summed E-state index contributed by atoms with van der Waals surface area (Å²) in [6.07, 6.45) is 5.08. The van der Waals surface area contributed by atoms with Crippen molar-refractivity contribution >= 4 is 11.8 Å². The van der Waals surface area contributed by atoms with Crippen LogP contribution in [0.1, 0.15) is 75.9 Å². The highest BCUT2D eigenvalue weighted by molar-refractivity contribution is 5.91. The van der Waals surface area contributed by atoms with Crippen molar-refractivity contribution in [3.8, 4) is 5.75 Å². The van der Waals surface area contributed by atoms with Crippen LogP contribution in [0.5, 0.6) is 5.75 Å². The Labute approximate surface area is 247 Å². The van der Waals surface area contributed by atoms with Crippen molar-refractivity contribution in [2.24, 2.45) is 5.92 Å². The molecule has 0 radical (unpaired) electrons. The Morgan fingerprint density at radius 1 is 0.952 bits per heavy atom. The average molecular weight is 563 g/mol. The van der Waals surface area contributed by atoms with E-state index in [1.807, 2.05) is 36.4 Å². The summed E-state index contributed by atoms with van der Waals surface area (Å²) < 4.78 is 12.1. The molecular weight excluding hydrogens is 524 g/mol. The molecule has 0 unspecified atom stereocenters. The molecule has 2 amide bonds. The van der Waals surface area contributed by atoms with Crippen LogP contribution >= 0.6 is 0 Å². The van der Waals surface area contributed by atoms with Crippen molar-refractivity contribution in [2.45, 2.75) is 58.2 Å². The third-order valence-electron chi connectivity index (χ3n) is 8.59. The lowest BCUT2D eigenvalue weighted by atomic mass is 9.86. The van der Waals surface area contributed by atoms with E-state index < -0.39 is 0 Å². The Hall–Kier alpha value is -4.32. The van der Waals surface area contributed by atoms with E-state index >= 15 is 0 Å². The summed E-state index contributed by atoms with van der Waals surface area (Å²) in [7, 11) is 1.77. The third kappa shape index (κ3) is 5.98. The summed E-state index contributed by atoms with van der Waals surface area (Å²) in [6.45, 7) is 3.52. The summed E-state index contributed by atoms with van der Waals surface area (Å²) in [6, 6.07) is 28.0. The van der Waals surface area contributed by atoms with E-state index in [0.717, 1.165) is 55.3 Å². The summed E-state index contributed by atoms with van der Waals surface area (Å²) in [5, 5.41) is 0. The lowest BCUT2D eigenvalue weighted by Gasteiger charge is -2.39. The van der Waals surface area contributed by atoms with Gasteiger partial charge in [-0.1, -0.05) is 79.1 Å². The first-order chi connectivity index (χ1) is 20.5. The summed E-state index contributed by atoms with van der Waals surface area (Å²) in [4.78, 5) is 30.4. The minimum atomic E-state index is -0.174. The number of amides is 2. The van der Waals surface area contributed by atoms with Gasteiger partial charge in [0.05, 0.1) is 6.04 Å². The molecule has 42 heavy (non-hydrogen) atoms. The molecule has 0 spiro atoms. The molecule has 1 aromatic heterocycles. The molecule has 0 bridgehead atoms. The van der Waals surface area contributed by atoms with Gasteiger partial charge in [-0.2, -0.15) is 0 Å². The van der Waals surface area contributed by atoms with Gasteiger partial charge in [-0.25, -0.2) is 0 Å². The number of benzene rings is 3. The quantitative estimate of drug-likeness (QED) is 0.230. The van der Waals surface area contributed by atoms with Gasteiger partial charge < -0.3 is 19.0 Å². The molecular formula is C36H38N2O4. The lowest BCUT2D eigenvalue weighted by molar-refractivity contribution is -0.137. The van der Waals surface area contributed by atoms with Crippen LogP contribution < -0.4 is 4.74 Å². The molecule has 3 aromatic carbocycles. The van der Waals surface area contributed by atoms with Gasteiger partial charge in [-0.3, -0.25) is 9.59 Å². The first kappa shape index (κ1) is 27.8. The van der Waals surface area contributed by atoms with Crippen LogP contribution in [0, 0.1) is 12.8 Å². The number of hydrogen-bond donors (Lipinski definition) is 0. The zero-order chi connectivity index (χ0) is 29.1. The van der Waals surface area contributed by atoms with Gasteiger partial charge in [0.25, 0.3) is 5.91 Å². The average Bonchev–Trinajstić information content (AvgIpc) is 3.73. The van der Waals surface area contributed by atoms with Gasteiger partial charge >= 0.3 is 0 Å². The monoisotopic (exact) mass is 562 g/mol. The van der Waals surface area contributed by atoms with Crippen LogP contribution in [-0.2, 0) is 24.4 Å². The first-order valence-corrected chi connectivity index (χ1v) is 15.0. The molecule has 6 nitrogen and oxygen atoms in total. The summed E-state index contributed by atoms with van der Waals surface area (Å²) in [5.41, 5.74) is 5.74. The van der Waals surface area contributed by atoms with Gasteiger partial charge in [0.1, 0.15) is 18.1 Å². The maximum Gasteiger partial charge on any atom is 0.289 e. The molecule has 0 N–H and O–H groups in total. The van der Waals surface area contributed by atoms with E-state index in [4.69, 9.17) is 9.15 Å². The molecule has 2 heterocycles. The Balaban J connectivity index is 1.18. The van der Waals surface area contributed by atoms with Gasteiger partial charge in [0, 0.05) is 26.1 Å². The molecule has 1 aliphatic heterocycles. The van der Waals surface area contributed by atoms with Crippen molar-refractivity contribution in [3.05, 3.63) is 124 Å². The van der Waals surface area contributed by atoms with Crippen molar-refractivity contribution in [3.63, 3.8) is 0 Å². The third-order valence-corrected chi connectivity index (χ3v) is 8.59. The van der Waals surface area contributed by atoms with Crippen LogP contribution in [0.3, 0.4) is 0 Å². The fourth-order valence-corrected chi connectivity index (χ4v) is 6.28. The normalized spacial score (nSPS) is 16.7. The second-order valence-electron chi connectivity index (χ2n) is 11.6. The zero-order valence-electron chi connectivity index (χ0n) is 24.4. The molecule has 1 atom stereocenters. The topological polar surface area (TPSA) is 63.0 Å². The number of fused-ring (bicyclic) bond motifs is 1. The summed E-state index contributed by atoms with van der Waals surface area (Å²) in [5.74, 6) is 1.82. The van der Waals surface area contributed by atoms with Crippen molar-refractivity contribution in [1.82, 2.24) is 9.80 Å². The highest BCUT2D eigenvalue weighted by Gasteiger charge is 2.36. The van der Waals surface area contributed by atoms with Crippen LogP contribution in [-0.4, -0.2) is 35.2 Å². The highest BCUT2D eigenvalue weighted by atomic mass is 16.5. The first-order valence-electron chi connectivity index (χ1n) is 15.0. The number of furan rings is 1. The fourth-order valence-electron chi connectivity index (χ4n) is 6.28. The molecule has 4 aromatic rings. The van der Waals surface area contributed by atoms with Gasteiger partial charge in [0.15, 0.2) is 5.76 Å². The maximum absolute atomic E-state index is 13.7. The van der Waals surface area contributed by atoms with E-state index in [2.05, 4.69) is 48.2 Å². The van der Waals surface area contributed by atoms with E-state index in [9.17, 15) is 9.59 Å². The number of carbonyl (C=O) groups is 2. The molecule has 1 aliphatic carbocycles. The summed E-state index contributed by atoms with van der Waals surface area (Å²) >= 11 is 0. The minimum Gasteiger partial charge on any atom is -0.486 e. The van der Waals surface area contributed by atoms with E-state index in [1.54, 1.807) is 24.1 Å². The van der Waals surface area contributed by atoms with Crippen LogP contribution in [0.2, 0.25) is 0 Å². The second-order valence-corrected chi connectivity index (χ2v) is 11.6. The second kappa shape index (κ2) is 12.3. The smallest absolute Gasteiger partial charge is 0.289 e. The molecule has 0 saturated heterocycles. The number of aryl methyl sites for hydroxylation is 1. The Bertz CT molecular complexity index is 1540. The number of rotatable bonds is 8. The number of hydrogen-bond acceptors (Lipinski definition) is 4. The van der Waals surface area contributed by atoms with E-state index in [-0.39, 0.29) is 36.1 Å². The Morgan fingerprint density at radius 2 is 1.71 bits per heavy atom. The largest absolute Gasteiger partial charge is 0.486 e. The van der Waals surface area contributed by atoms with Gasteiger partial charge in [-0.05, 0) is 72.7 Å². The minimum absolute atomic E-state index is 0.126. The number of ether oxygens (including phenoxy) is 1. The molecule has 1 saturated carbocycles. The van der Waals surface area contributed by atoms with E-state index in [0.29, 0.717) is 18.1 Å².